The number of carboxylic acids is 1. The molecule has 1 aromatic carbocycles. The summed E-state index contributed by atoms with van der Waals surface area (Å²) < 4.78 is 28.9. The molecule has 1 aliphatic heterocycles. The van der Waals surface area contributed by atoms with Gasteiger partial charge < -0.3 is 15.3 Å². The first kappa shape index (κ1) is 22.9. The van der Waals surface area contributed by atoms with Crippen LogP contribution < -0.4 is 15.8 Å². The van der Waals surface area contributed by atoms with Gasteiger partial charge in [0.25, 0.3) is 5.56 Å². The third kappa shape index (κ3) is 4.22. The zero-order valence-corrected chi connectivity index (χ0v) is 18.9. The Labute approximate surface area is 192 Å². The highest BCUT2D eigenvalue weighted by molar-refractivity contribution is 6.29. The molecule has 1 aliphatic rings. The van der Waals surface area contributed by atoms with E-state index in [1.165, 1.54) is 28.6 Å². The minimum absolute atomic E-state index is 0.0457. The molecule has 0 aliphatic carbocycles. The highest BCUT2D eigenvalue weighted by atomic mass is 35.5. The normalized spacial score (nSPS) is 19.2. The average molecular weight is 478 g/mol. The average Bonchev–Trinajstić information content (AvgIpc) is 3.09. The van der Waals surface area contributed by atoms with Crippen LogP contribution in [0.4, 0.5) is 20.4 Å². The number of alkyl halides is 2. The van der Waals surface area contributed by atoms with Crippen molar-refractivity contribution in [3.8, 4) is 0 Å². The van der Waals surface area contributed by atoms with Crippen molar-refractivity contribution in [1.82, 2.24) is 14.5 Å². The van der Waals surface area contributed by atoms with Crippen molar-refractivity contribution in [3.63, 3.8) is 0 Å². The highest BCUT2D eigenvalue weighted by Crippen LogP contribution is 2.30. The predicted octanol–water partition coefficient (Wildman–Crippen LogP) is 3.66. The van der Waals surface area contributed by atoms with Gasteiger partial charge in [0.05, 0.1) is 35.7 Å². The summed E-state index contributed by atoms with van der Waals surface area (Å²) in [6.07, 6.45) is -3.30. The molecule has 4 rings (SSSR count). The smallest absolute Gasteiger partial charge is 0.356 e. The lowest BCUT2D eigenvalue weighted by molar-refractivity contribution is 0.0691. The molecule has 1 fully saturated rings. The summed E-state index contributed by atoms with van der Waals surface area (Å²) in [6.45, 7) is 3.23. The van der Waals surface area contributed by atoms with Crippen LogP contribution in [0.5, 0.6) is 0 Å². The number of halogens is 3. The molecule has 0 bridgehead atoms. The van der Waals surface area contributed by atoms with E-state index in [1.807, 2.05) is 13.0 Å². The summed E-state index contributed by atoms with van der Waals surface area (Å²) in [7, 11) is 1.52. The van der Waals surface area contributed by atoms with Crippen LogP contribution in [-0.2, 0) is 7.05 Å². The number of nitrogens with zero attached hydrogens (tertiary/aromatic N) is 4. The van der Waals surface area contributed by atoms with Crippen LogP contribution >= 0.6 is 11.6 Å². The van der Waals surface area contributed by atoms with E-state index in [0.717, 1.165) is 5.56 Å². The van der Waals surface area contributed by atoms with Gasteiger partial charge in [-0.25, -0.2) is 23.5 Å². The van der Waals surface area contributed by atoms with Gasteiger partial charge in [-0.2, -0.15) is 0 Å². The first-order valence-corrected chi connectivity index (χ1v) is 10.7. The fourth-order valence-corrected chi connectivity index (χ4v) is 4.22. The van der Waals surface area contributed by atoms with Crippen molar-refractivity contribution < 1.29 is 18.7 Å². The van der Waals surface area contributed by atoms with Gasteiger partial charge in [-0.05, 0) is 37.6 Å². The minimum atomic E-state index is -1.65. The number of pyridine rings is 1. The Balaban J connectivity index is 1.82. The monoisotopic (exact) mass is 477 g/mol. The van der Waals surface area contributed by atoms with Crippen molar-refractivity contribution in [3.05, 3.63) is 56.6 Å². The number of aromatic carboxylic acids is 1. The van der Waals surface area contributed by atoms with Crippen LogP contribution in [0.25, 0.3) is 10.9 Å². The molecular weight excluding hydrogens is 456 g/mol. The first-order valence-electron chi connectivity index (χ1n) is 10.3. The van der Waals surface area contributed by atoms with Crippen LogP contribution in [0.15, 0.2) is 29.1 Å². The summed E-state index contributed by atoms with van der Waals surface area (Å²) >= 11 is 5.84. The number of nitrogens with one attached hydrogen (secondary N) is 1. The summed E-state index contributed by atoms with van der Waals surface area (Å²) in [5, 5.41) is 13.0. The number of aromatic nitrogens is 3. The molecular formula is C22H22ClF2N5O3. The molecule has 2 N–H and O–H groups in total. The Morgan fingerprint density at radius 3 is 2.55 bits per heavy atom. The maximum Gasteiger partial charge on any atom is 0.356 e. The van der Waals surface area contributed by atoms with E-state index in [2.05, 4.69) is 15.3 Å². The second-order valence-corrected chi connectivity index (χ2v) is 8.55. The van der Waals surface area contributed by atoms with E-state index < -0.39 is 24.4 Å². The molecule has 0 amide bonds. The van der Waals surface area contributed by atoms with Gasteiger partial charge in [0.1, 0.15) is 5.15 Å². The Morgan fingerprint density at radius 1 is 1.24 bits per heavy atom. The standard InChI is InChI=1S/C22H22ClF2N5O3/c1-10-6-12(11(2)26-16-4-5-17(23)27-19(16)21(32)33)18-13(7-10)20(31)29(3)22(28-18)30-8-14(24)15(25)9-30/h4-7,11,14-15,26H,8-9H2,1-3H3,(H,32,33)/t11-,14+,15+/m1/s1. The SMILES string of the molecule is Cc1cc([C@@H](C)Nc2ccc(Cl)nc2C(=O)O)c2nc(N3C[C@H](F)[C@@H](F)C3)n(C)c(=O)c2c1. The van der Waals surface area contributed by atoms with Gasteiger partial charge in [-0.15, -0.1) is 0 Å². The minimum Gasteiger partial charge on any atom is -0.476 e. The van der Waals surface area contributed by atoms with Crippen LogP contribution in [0.3, 0.4) is 0 Å². The molecule has 0 radical (unpaired) electrons. The molecule has 0 unspecified atom stereocenters. The van der Waals surface area contributed by atoms with Gasteiger partial charge in [-0.3, -0.25) is 9.36 Å². The second kappa shape index (κ2) is 8.58. The molecule has 33 heavy (non-hydrogen) atoms. The Hall–Kier alpha value is -3.27. The van der Waals surface area contributed by atoms with E-state index >= 15 is 0 Å². The van der Waals surface area contributed by atoms with Gasteiger partial charge in [0.2, 0.25) is 5.95 Å². The summed E-state index contributed by atoms with van der Waals surface area (Å²) in [6, 6.07) is 6.04. The number of carbonyl (C=O) groups is 1. The molecule has 8 nitrogen and oxygen atoms in total. The molecule has 0 saturated carbocycles. The largest absolute Gasteiger partial charge is 0.476 e. The van der Waals surface area contributed by atoms with Crippen molar-refractivity contribution in [2.45, 2.75) is 32.2 Å². The van der Waals surface area contributed by atoms with Crippen molar-refractivity contribution >= 4 is 40.1 Å². The number of hydrogen-bond acceptors (Lipinski definition) is 6. The number of carboxylic acid groups (broad SMARTS) is 1. The first-order chi connectivity index (χ1) is 15.6. The maximum atomic E-state index is 13.8. The zero-order valence-electron chi connectivity index (χ0n) is 18.1. The molecule has 3 heterocycles. The second-order valence-electron chi connectivity index (χ2n) is 8.16. The number of hydrogen-bond donors (Lipinski definition) is 2. The Kier molecular flexibility index (Phi) is 5.96. The highest BCUT2D eigenvalue weighted by Gasteiger charge is 2.35. The fraction of sp³-hybridized carbons (Fsp3) is 0.364. The van der Waals surface area contributed by atoms with Gasteiger partial charge in [0, 0.05) is 12.6 Å². The zero-order chi connectivity index (χ0) is 24.0. The summed E-state index contributed by atoms with van der Waals surface area (Å²) in [4.78, 5) is 34.6. The van der Waals surface area contributed by atoms with E-state index in [1.54, 1.807) is 13.0 Å². The van der Waals surface area contributed by atoms with Gasteiger partial charge >= 0.3 is 5.97 Å². The number of anilines is 2. The van der Waals surface area contributed by atoms with E-state index in [9.17, 15) is 23.5 Å². The molecule has 3 atom stereocenters. The molecule has 11 heteroatoms. The van der Waals surface area contributed by atoms with Crippen molar-refractivity contribution in [1.29, 1.82) is 0 Å². The summed E-state index contributed by atoms with van der Waals surface area (Å²) in [5.41, 5.74) is 1.47. The predicted molar refractivity (Wildman–Crippen MR) is 122 cm³/mol. The number of rotatable bonds is 5. The van der Waals surface area contributed by atoms with E-state index in [-0.39, 0.29) is 41.1 Å². The molecule has 1 saturated heterocycles. The molecule has 0 spiro atoms. The van der Waals surface area contributed by atoms with Crippen molar-refractivity contribution in [2.75, 3.05) is 23.3 Å². The maximum absolute atomic E-state index is 13.8. The van der Waals surface area contributed by atoms with Gasteiger partial charge in [0.15, 0.2) is 18.0 Å². The Bertz CT molecular complexity index is 1310. The number of aryl methyl sites for hydroxylation is 1. The number of fused-ring (bicyclic) bond motifs is 1. The molecule has 2 aromatic heterocycles. The third-order valence-electron chi connectivity index (χ3n) is 5.70. The van der Waals surface area contributed by atoms with Crippen LogP contribution in [-0.4, -0.2) is 51.0 Å². The lowest BCUT2D eigenvalue weighted by Gasteiger charge is -2.22. The van der Waals surface area contributed by atoms with E-state index in [0.29, 0.717) is 16.5 Å². The summed E-state index contributed by atoms with van der Waals surface area (Å²) in [5.74, 6) is -1.07. The van der Waals surface area contributed by atoms with Crippen molar-refractivity contribution in [2.24, 2.45) is 7.05 Å². The van der Waals surface area contributed by atoms with Crippen LogP contribution in [0, 0.1) is 6.92 Å². The third-order valence-corrected chi connectivity index (χ3v) is 5.91. The fourth-order valence-electron chi connectivity index (χ4n) is 4.07. The number of benzene rings is 1. The van der Waals surface area contributed by atoms with Gasteiger partial charge in [-0.1, -0.05) is 17.7 Å². The molecule has 174 valence electrons. The lowest BCUT2D eigenvalue weighted by atomic mass is 10.0. The Morgan fingerprint density at radius 2 is 1.91 bits per heavy atom. The quantitative estimate of drug-likeness (QED) is 0.541. The van der Waals surface area contributed by atoms with Crippen LogP contribution in [0.1, 0.15) is 34.6 Å². The van der Waals surface area contributed by atoms with Crippen LogP contribution in [0.2, 0.25) is 5.15 Å². The topological polar surface area (TPSA) is 100 Å². The lowest BCUT2D eigenvalue weighted by Crippen LogP contribution is -2.31. The molecule has 3 aromatic rings. The van der Waals surface area contributed by atoms with E-state index in [4.69, 9.17) is 11.6 Å².